The van der Waals surface area contributed by atoms with Gasteiger partial charge in [-0.15, -0.1) is 0 Å². The molecule has 2 rings (SSSR count). The molecule has 7 heteroatoms. The van der Waals surface area contributed by atoms with E-state index in [4.69, 9.17) is 11.6 Å². The summed E-state index contributed by atoms with van der Waals surface area (Å²) in [5, 5.41) is 5.97. The number of benzene rings is 1. The first-order valence-electron chi connectivity index (χ1n) is 8.03. The molecule has 1 aliphatic heterocycles. The van der Waals surface area contributed by atoms with Crippen molar-refractivity contribution in [1.82, 2.24) is 15.5 Å². The molecule has 130 valence electrons. The number of nitrogens with one attached hydrogen (secondary N) is 2. The molecule has 0 radical (unpaired) electrons. The third-order valence-electron chi connectivity index (χ3n) is 3.93. The summed E-state index contributed by atoms with van der Waals surface area (Å²) in [6.45, 7) is 2.91. The molecule has 1 aliphatic rings. The SMILES string of the molecule is CC(=O)NC(CC(=O)NCC(=O)N1CCCC1)c1ccc(Cl)cc1. The molecule has 1 atom stereocenters. The van der Waals surface area contributed by atoms with Crippen LogP contribution in [0.5, 0.6) is 0 Å². The molecule has 1 heterocycles. The third-order valence-corrected chi connectivity index (χ3v) is 4.19. The predicted molar refractivity (Wildman–Crippen MR) is 91.5 cm³/mol. The van der Waals surface area contributed by atoms with Gasteiger partial charge < -0.3 is 15.5 Å². The number of carbonyl (C=O) groups is 3. The van der Waals surface area contributed by atoms with Gasteiger partial charge in [-0.3, -0.25) is 14.4 Å². The zero-order valence-corrected chi connectivity index (χ0v) is 14.4. The Hall–Kier alpha value is -2.08. The van der Waals surface area contributed by atoms with Crippen molar-refractivity contribution in [1.29, 1.82) is 0 Å². The zero-order chi connectivity index (χ0) is 17.5. The van der Waals surface area contributed by atoms with Crippen molar-refractivity contribution in [3.63, 3.8) is 0 Å². The van der Waals surface area contributed by atoms with Crippen molar-refractivity contribution >= 4 is 29.3 Å². The second-order valence-electron chi connectivity index (χ2n) is 5.87. The minimum absolute atomic E-state index is 0.00770. The number of likely N-dealkylation sites (tertiary alicyclic amines) is 1. The molecule has 0 bridgehead atoms. The average molecular weight is 352 g/mol. The lowest BCUT2D eigenvalue weighted by Gasteiger charge is -2.19. The lowest BCUT2D eigenvalue weighted by atomic mass is 10.0. The quantitative estimate of drug-likeness (QED) is 0.818. The van der Waals surface area contributed by atoms with E-state index in [-0.39, 0.29) is 30.7 Å². The number of nitrogens with zero attached hydrogens (tertiary/aromatic N) is 1. The second kappa shape index (κ2) is 8.68. The standard InChI is InChI=1S/C17H22ClN3O3/c1-12(22)20-15(13-4-6-14(18)7-5-13)10-16(23)19-11-17(24)21-8-2-3-9-21/h4-7,15H,2-3,8-11H2,1H3,(H,19,23)(H,20,22). The van der Waals surface area contributed by atoms with E-state index < -0.39 is 6.04 Å². The van der Waals surface area contributed by atoms with E-state index in [0.29, 0.717) is 5.02 Å². The van der Waals surface area contributed by atoms with Crippen LogP contribution in [0.1, 0.15) is 37.8 Å². The molecule has 6 nitrogen and oxygen atoms in total. The van der Waals surface area contributed by atoms with E-state index in [1.165, 1.54) is 6.92 Å². The lowest BCUT2D eigenvalue weighted by Crippen LogP contribution is -2.40. The Bertz CT molecular complexity index is 598. The molecule has 24 heavy (non-hydrogen) atoms. The van der Waals surface area contributed by atoms with Crippen LogP contribution in [0.15, 0.2) is 24.3 Å². The maximum absolute atomic E-state index is 12.1. The van der Waals surface area contributed by atoms with E-state index >= 15 is 0 Å². The predicted octanol–water partition coefficient (Wildman–Crippen LogP) is 1.65. The van der Waals surface area contributed by atoms with Gasteiger partial charge in [-0.2, -0.15) is 0 Å². The Labute approximate surface area is 146 Å². The summed E-state index contributed by atoms with van der Waals surface area (Å²) in [5.74, 6) is -0.574. The highest BCUT2D eigenvalue weighted by atomic mass is 35.5. The van der Waals surface area contributed by atoms with E-state index in [1.54, 1.807) is 29.2 Å². The van der Waals surface area contributed by atoms with Gasteiger partial charge in [0.05, 0.1) is 19.0 Å². The van der Waals surface area contributed by atoms with Crippen LogP contribution in [0.4, 0.5) is 0 Å². The molecule has 2 N–H and O–H groups in total. The molecule has 0 spiro atoms. The Morgan fingerprint density at radius 2 is 1.79 bits per heavy atom. The van der Waals surface area contributed by atoms with Crippen LogP contribution in [-0.4, -0.2) is 42.3 Å². The maximum Gasteiger partial charge on any atom is 0.241 e. The minimum Gasteiger partial charge on any atom is -0.349 e. The number of hydrogen-bond acceptors (Lipinski definition) is 3. The fourth-order valence-electron chi connectivity index (χ4n) is 2.70. The minimum atomic E-state index is -0.457. The Morgan fingerprint density at radius 1 is 1.17 bits per heavy atom. The van der Waals surface area contributed by atoms with Crippen LogP contribution in [0.2, 0.25) is 5.02 Å². The Balaban J connectivity index is 1.90. The Morgan fingerprint density at radius 3 is 2.38 bits per heavy atom. The van der Waals surface area contributed by atoms with Crippen LogP contribution in [-0.2, 0) is 14.4 Å². The first-order chi connectivity index (χ1) is 11.5. The van der Waals surface area contributed by atoms with Crippen LogP contribution in [0, 0.1) is 0 Å². The summed E-state index contributed by atoms with van der Waals surface area (Å²) < 4.78 is 0. The van der Waals surface area contributed by atoms with Gasteiger partial charge in [0.2, 0.25) is 17.7 Å². The number of rotatable bonds is 6. The monoisotopic (exact) mass is 351 g/mol. The summed E-state index contributed by atoms with van der Waals surface area (Å²) in [6, 6.07) is 6.50. The van der Waals surface area contributed by atoms with Crippen molar-refractivity contribution in [3.8, 4) is 0 Å². The first-order valence-corrected chi connectivity index (χ1v) is 8.40. The highest BCUT2D eigenvalue weighted by Crippen LogP contribution is 2.19. The fourth-order valence-corrected chi connectivity index (χ4v) is 2.83. The van der Waals surface area contributed by atoms with Crippen molar-refractivity contribution < 1.29 is 14.4 Å². The maximum atomic E-state index is 12.1. The highest BCUT2D eigenvalue weighted by molar-refractivity contribution is 6.30. The van der Waals surface area contributed by atoms with Crippen molar-refractivity contribution in [2.75, 3.05) is 19.6 Å². The number of halogens is 1. The smallest absolute Gasteiger partial charge is 0.241 e. The van der Waals surface area contributed by atoms with Gasteiger partial charge in [-0.1, -0.05) is 23.7 Å². The van der Waals surface area contributed by atoms with E-state index in [2.05, 4.69) is 10.6 Å². The molecule has 1 aromatic carbocycles. The highest BCUT2D eigenvalue weighted by Gasteiger charge is 2.20. The van der Waals surface area contributed by atoms with Crippen molar-refractivity contribution in [3.05, 3.63) is 34.9 Å². The number of amides is 3. The van der Waals surface area contributed by atoms with E-state index in [1.807, 2.05) is 0 Å². The number of carbonyl (C=O) groups excluding carboxylic acids is 3. The van der Waals surface area contributed by atoms with Crippen molar-refractivity contribution in [2.24, 2.45) is 0 Å². The lowest BCUT2D eigenvalue weighted by molar-refractivity contribution is -0.132. The van der Waals surface area contributed by atoms with Gasteiger partial charge in [0.1, 0.15) is 0 Å². The molecule has 1 aromatic rings. The summed E-state index contributed by atoms with van der Waals surface area (Å²) in [6.07, 6.45) is 2.09. The molecule has 3 amide bonds. The molecule has 1 unspecified atom stereocenters. The van der Waals surface area contributed by atoms with Crippen LogP contribution in [0.25, 0.3) is 0 Å². The summed E-state index contributed by atoms with van der Waals surface area (Å²) in [7, 11) is 0. The van der Waals surface area contributed by atoms with E-state index in [9.17, 15) is 14.4 Å². The molecule has 1 saturated heterocycles. The third kappa shape index (κ3) is 5.53. The van der Waals surface area contributed by atoms with Gasteiger partial charge in [-0.25, -0.2) is 0 Å². The fraction of sp³-hybridized carbons (Fsp3) is 0.471. The largest absolute Gasteiger partial charge is 0.349 e. The molecule has 0 saturated carbocycles. The average Bonchev–Trinajstić information content (AvgIpc) is 3.07. The number of hydrogen-bond donors (Lipinski definition) is 2. The van der Waals surface area contributed by atoms with Crippen LogP contribution < -0.4 is 10.6 Å². The normalized spacial score (nSPS) is 15.0. The second-order valence-corrected chi connectivity index (χ2v) is 6.31. The van der Waals surface area contributed by atoms with Crippen molar-refractivity contribution in [2.45, 2.75) is 32.2 Å². The van der Waals surface area contributed by atoms with Gasteiger partial charge in [0.15, 0.2) is 0 Å². The van der Waals surface area contributed by atoms with Crippen LogP contribution in [0.3, 0.4) is 0 Å². The summed E-state index contributed by atoms with van der Waals surface area (Å²) >= 11 is 5.87. The first kappa shape index (κ1) is 18.3. The van der Waals surface area contributed by atoms with Crippen LogP contribution >= 0.6 is 11.6 Å². The van der Waals surface area contributed by atoms with Gasteiger partial charge in [-0.05, 0) is 30.5 Å². The molecule has 0 aromatic heterocycles. The van der Waals surface area contributed by atoms with E-state index in [0.717, 1.165) is 31.5 Å². The molecule has 0 aliphatic carbocycles. The summed E-state index contributed by atoms with van der Waals surface area (Å²) in [4.78, 5) is 37.2. The molecular weight excluding hydrogens is 330 g/mol. The topological polar surface area (TPSA) is 78.5 Å². The van der Waals surface area contributed by atoms with Gasteiger partial charge in [0, 0.05) is 25.0 Å². The zero-order valence-electron chi connectivity index (χ0n) is 13.7. The van der Waals surface area contributed by atoms with Gasteiger partial charge >= 0.3 is 0 Å². The molecular formula is C17H22ClN3O3. The molecule has 1 fully saturated rings. The summed E-state index contributed by atoms with van der Waals surface area (Å²) in [5.41, 5.74) is 0.788. The Kier molecular flexibility index (Phi) is 6.61. The van der Waals surface area contributed by atoms with Gasteiger partial charge in [0.25, 0.3) is 0 Å².